The van der Waals surface area contributed by atoms with Crippen LogP contribution in [0.2, 0.25) is 0 Å². The van der Waals surface area contributed by atoms with Gasteiger partial charge in [0.15, 0.2) is 0 Å². The fourth-order valence-corrected chi connectivity index (χ4v) is 8.52. The molecule has 0 saturated carbocycles. The number of allylic oxidation sites excluding steroid dienone is 2. The lowest BCUT2D eigenvalue weighted by Crippen LogP contribution is -2.58. The average Bonchev–Trinajstić information content (AvgIpc) is 3.34. The molecule has 2 aliphatic rings. The van der Waals surface area contributed by atoms with E-state index >= 15 is 0 Å². The fourth-order valence-electron chi connectivity index (χ4n) is 8.52. The van der Waals surface area contributed by atoms with Gasteiger partial charge in [0, 0.05) is 52.1 Å². The van der Waals surface area contributed by atoms with Gasteiger partial charge in [0.1, 0.15) is 12.1 Å². The van der Waals surface area contributed by atoms with Crippen molar-refractivity contribution in [2.75, 3.05) is 45.9 Å². The van der Waals surface area contributed by atoms with Crippen LogP contribution in [0.4, 0.5) is 0 Å². The summed E-state index contributed by atoms with van der Waals surface area (Å²) >= 11 is 0. The van der Waals surface area contributed by atoms with Crippen LogP contribution in [0.1, 0.15) is 53.5 Å². The van der Waals surface area contributed by atoms with Crippen molar-refractivity contribution >= 4 is 29.6 Å². The smallest absolute Gasteiger partial charge is 0.303 e. The summed E-state index contributed by atoms with van der Waals surface area (Å²) in [6.45, 7) is 1.46. The Labute approximate surface area is 397 Å². The van der Waals surface area contributed by atoms with Crippen LogP contribution in [0.3, 0.4) is 0 Å². The third-order valence-corrected chi connectivity index (χ3v) is 12.2. The number of rotatable bonds is 14. The number of aryl methyl sites for hydroxylation is 1. The van der Waals surface area contributed by atoms with Crippen LogP contribution < -0.4 is 42.5 Å². The highest BCUT2D eigenvalue weighted by Gasteiger charge is 2.43. The molecule has 16 heteroatoms. The molecule has 1 saturated heterocycles. The summed E-state index contributed by atoms with van der Waals surface area (Å²) in [4.78, 5) is 68.9. The Morgan fingerprint density at radius 2 is 1.51 bits per heavy atom. The van der Waals surface area contributed by atoms with Crippen molar-refractivity contribution < 1.29 is 44.0 Å². The molecule has 0 spiro atoms. The summed E-state index contributed by atoms with van der Waals surface area (Å²) in [5, 5.41) is 50.2. The molecule has 8 N–H and O–H groups in total. The number of carbonyl (C=O) groups is 5. The van der Waals surface area contributed by atoms with Gasteiger partial charge < -0.3 is 57.3 Å². The van der Waals surface area contributed by atoms with E-state index in [1.165, 1.54) is 0 Å². The van der Waals surface area contributed by atoms with Crippen LogP contribution in [0, 0.1) is 5.41 Å². The molecule has 0 aromatic heterocycles. The number of nitrogens with zero attached hydrogens (tertiary/aromatic N) is 1. The fraction of sp³-hybridized carbons (Fsp3) is 0.365. The minimum absolute atomic E-state index is 0.00275. The molecule has 0 aliphatic carbocycles. The Bertz CT molecular complexity index is 2390. The molecule has 0 unspecified atom stereocenters. The maximum atomic E-state index is 14.9. The van der Waals surface area contributed by atoms with E-state index in [1.807, 2.05) is 78.9 Å². The lowest BCUT2D eigenvalue weighted by atomic mass is 9.74. The average molecular weight is 928 g/mol. The summed E-state index contributed by atoms with van der Waals surface area (Å²) in [5.41, 5.74) is 10.0. The standard InChI is InChI=1S/C52H63N7O9/c53-25-29-68-30-27-55-49(65)43-23-26-54-45(60)20-21-47(62)59-28-6-24-52(35-59,33-38-7-2-1-3-8-38)51(67)58-44(50(66)56-34-42-10-5-4-9-41(42)32-46(61)57-43)31-37-13-18-40(19-14-37)39-16-11-36(12-17-39)15-22-48(63)64/h1-5,7-14,16-21,43-44,54,60,62H,6,15,22-35,53H2,(H,55,65)(H,56,66)(H,57,61)(H,58,67)(H,63,64)/p-2/b45-20+,47-21-/t43-,44-,52-/m0/s1. The number of ether oxygens (including phenoxy) is 1. The first-order chi connectivity index (χ1) is 32.9. The van der Waals surface area contributed by atoms with Gasteiger partial charge in [-0.15, -0.1) is 0 Å². The van der Waals surface area contributed by atoms with E-state index in [0.717, 1.165) is 40.0 Å². The molecule has 360 valence electrons. The minimum atomic E-state index is -1.13. The van der Waals surface area contributed by atoms with E-state index in [4.69, 9.17) is 15.6 Å². The summed E-state index contributed by atoms with van der Waals surface area (Å²) in [7, 11) is 0. The Balaban J connectivity index is 1.30. The van der Waals surface area contributed by atoms with Crippen molar-refractivity contribution in [3.05, 3.63) is 155 Å². The number of carboxylic acids is 1. The predicted molar refractivity (Wildman–Crippen MR) is 252 cm³/mol. The van der Waals surface area contributed by atoms with E-state index in [-0.39, 0.29) is 70.8 Å². The highest BCUT2D eigenvalue weighted by atomic mass is 16.5. The van der Waals surface area contributed by atoms with Crippen LogP contribution in [-0.4, -0.2) is 97.6 Å². The second-order valence-electron chi connectivity index (χ2n) is 17.2. The summed E-state index contributed by atoms with van der Waals surface area (Å²) in [6.07, 6.45) is 4.01. The molecular weight excluding hydrogens is 867 g/mol. The highest BCUT2D eigenvalue weighted by Crippen LogP contribution is 2.35. The second-order valence-corrected chi connectivity index (χ2v) is 17.2. The number of hydrogen-bond donors (Lipinski definition) is 7. The van der Waals surface area contributed by atoms with Gasteiger partial charge in [-0.3, -0.25) is 24.0 Å². The lowest BCUT2D eigenvalue weighted by Gasteiger charge is -2.45. The van der Waals surface area contributed by atoms with Gasteiger partial charge in [-0.05, 0) is 82.8 Å². The minimum Gasteiger partial charge on any atom is -0.860 e. The molecule has 2 bridgehead atoms. The highest BCUT2D eigenvalue weighted by molar-refractivity contribution is 5.91. The Hall–Kier alpha value is -7.17. The number of fused-ring (bicyclic) bond motifs is 3. The molecule has 4 amide bonds. The first-order valence-corrected chi connectivity index (χ1v) is 23.1. The van der Waals surface area contributed by atoms with E-state index in [1.54, 1.807) is 29.2 Å². The van der Waals surface area contributed by atoms with Gasteiger partial charge in [-0.1, -0.05) is 115 Å². The zero-order valence-electron chi connectivity index (χ0n) is 38.2. The number of nitrogens with one attached hydrogen (secondary N) is 5. The number of nitrogens with two attached hydrogens (primary N) is 1. The van der Waals surface area contributed by atoms with Gasteiger partial charge in [0.2, 0.25) is 23.6 Å². The normalized spacial score (nSPS) is 21.3. The first-order valence-electron chi connectivity index (χ1n) is 23.1. The van der Waals surface area contributed by atoms with Crippen molar-refractivity contribution in [3.8, 4) is 11.1 Å². The largest absolute Gasteiger partial charge is 0.860 e. The molecule has 4 aromatic rings. The van der Waals surface area contributed by atoms with E-state index in [2.05, 4.69) is 26.6 Å². The summed E-state index contributed by atoms with van der Waals surface area (Å²) in [6, 6.07) is 29.9. The van der Waals surface area contributed by atoms with E-state index in [9.17, 15) is 34.2 Å². The molecule has 4 aromatic carbocycles. The number of aliphatic carboxylic acids is 1. The van der Waals surface area contributed by atoms with Crippen LogP contribution in [0.15, 0.2) is 127 Å². The van der Waals surface area contributed by atoms with Crippen molar-refractivity contribution in [1.29, 1.82) is 0 Å². The Morgan fingerprint density at radius 1 is 0.824 bits per heavy atom. The molecule has 68 heavy (non-hydrogen) atoms. The van der Waals surface area contributed by atoms with Gasteiger partial charge in [-0.25, -0.2) is 0 Å². The molecule has 16 nitrogen and oxygen atoms in total. The van der Waals surface area contributed by atoms with Crippen molar-refractivity contribution in [1.82, 2.24) is 31.5 Å². The van der Waals surface area contributed by atoms with Gasteiger partial charge >= 0.3 is 5.97 Å². The molecule has 6 rings (SSSR count). The van der Waals surface area contributed by atoms with Crippen LogP contribution >= 0.6 is 0 Å². The monoisotopic (exact) mass is 927 g/mol. The van der Waals surface area contributed by atoms with Gasteiger partial charge in [0.05, 0.1) is 25.0 Å². The molecular formula is C52H61N7O9-2. The third kappa shape index (κ3) is 14.9. The van der Waals surface area contributed by atoms with Crippen molar-refractivity contribution in [2.24, 2.45) is 11.1 Å². The van der Waals surface area contributed by atoms with E-state index in [0.29, 0.717) is 50.1 Å². The lowest BCUT2D eigenvalue weighted by molar-refractivity contribution is -0.336. The Kier molecular flexibility index (Phi) is 18.5. The maximum absolute atomic E-state index is 14.9. The molecule has 1 fully saturated rings. The summed E-state index contributed by atoms with van der Waals surface area (Å²) in [5.74, 6) is -3.68. The van der Waals surface area contributed by atoms with Crippen LogP contribution in [0.5, 0.6) is 0 Å². The van der Waals surface area contributed by atoms with Crippen molar-refractivity contribution in [3.63, 3.8) is 0 Å². The molecule has 2 heterocycles. The Morgan fingerprint density at radius 3 is 2.22 bits per heavy atom. The molecule has 3 atom stereocenters. The number of benzene rings is 4. The second kappa shape index (κ2) is 25.1. The van der Waals surface area contributed by atoms with Crippen LogP contribution in [-0.2, 0) is 60.9 Å². The third-order valence-electron chi connectivity index (χ3n) is 12.2. The van der Waals surface area contributed by atoms with E-state index < -0.39 is 53.0 Å². The van der Waals surface area contributed by atoms with Gasteiger partial charge in [-0.2, -0.15) is 0 Å². The van der Waals surface area contributed by atoms with Crippen molar-refractivity contribution in [2.45, 2.75) is 70.0 Å². The SMILES string of the molecule is NCCOCCNC(=O)[C@@H]1CCN/C([O-])=C\C=C(/[O-])N2CCC[C@](Cc3ccccc3)(C2)C(=O)N[C@@H](Cc2ccc(-c3ccc(CCC(=O)O)cc3)cc2)C(=O)NCc2ccccc2CC(=O)N1. The van der Waals surface area contributed by atoms with Crippen LogP contribution in [0.25, 0.3) is 11.1 Å². The topological polar surface area (TPSA) is 250 Å². The number of piperidine rings is 1. The number of hydrogen-bond acceptors (Lipinski definition) is 11. The summed E-state index contributed by atoms with van der Waals surface area (Å²) < 4.78 is 5.37. The number of carboxylic acid groups (broad SMARTS) is 1. The maximum Gasteiger partial charge on any atom is 0.303 e. The first kappa shape index (κ1) is 50.2. The van der Waals surface area contributed by atoms with Gasteiger partial charge in [0.25, 0.3) is 0 Å². The quantitative estimate of drug-likeness (QED) is 0.0891. The zero-order chi connectivity index (χ0) is 48.3. The zero-order valence-corrected chi connectivity index (χ0v) is 38.2. The molecule has 0 radical (unpaired) electrons. The number of amides is 4. The number of carbonyl (C=O) groups excluding carboxylic acids is 4. The molecule has 2 aliphatic heterocycles. The predicted octanol–water partition coefficient (Wildman–Crippen LogP) is 1.55.